The number of nitrogens with zero attached hydrogens (tertiary/aromatic N) is 2. The topological polar surface area (TPSA) is 49.9 Å². The third-order valence-corrected chi connectivity index (χ3v) is 4.71. The second-order valence-electron chi connectivity index (χ2n) is 6.95. The SMILES string of the molecule is CC(C)C(=O)N1CCCC2(C1)CN(c1cccc(F)c1)C(=O)CO2. The molecule has 0 bridgehead atoms. The fourth-order valence-electron chi connectivity index (χ4n) is 3.49. The van der Waals surface area contributed by atoms with Crippen molar-refractivity contribution in [3.05, 3.63) is 30.1 Å². The van der Waals surface area contributed by atoms with Crippen molar-refractivity contribution in [3.8, 4) is 0 Å². The molecule has 0 radical (unpaired) electrons. The van der Waals surface area contributed by atoms with Gasteiger partial charge in [0, 0.05) is 18.2 Å². The maximum Gasteiger partial charge on any atom is 0.253 e. The van der Waals surface area contributed by atoms with Gasteiger partial charge in [0.1, 0.15) is 18.0 Å². The van der Waals surface area contributed by atoms with Crippen LogP contribution in [0.1, 0.15) is 26.7 Å². The van der Waals surface area contributed by atoms with Crippen molar-refractivity contribution in [3.63, 3.8) is 0 Å². The van der Waals surface area contributed by atoms with Crippen LogP contribution < -0.4 is 4.90 Å². The molecule has 0 saturated carbocycles. The summed E-state index contributed by atoms with van der Waals surface area (Å²) in [5.74, 6) is -0.517. The second kappa shape index (κ2) is 6.51. The number of carbonyl (C=O) groups is 2. The molecule has 1 aromatic rings. The molecule has 2 amide bonds. The van der Waals surface area contributed by atoms with Crippen molar-refractivity contribution in [2.24, 2.45) is 5.92 Å². The number of piperidine rings is 1. The number of hydrogen-bond acceptors (Lipinski definition) is 3. The number of anilines is 1. The summed E-state index contributed by atoms with van der Waals surface area (Å²) in [6, 6.07) is 6.03. The first kappa shape index (κ1) is 16.9. The number of ether oxygens (including phenoxy) is 1. The van der Waals surface area contributed by atoms with Gasteiger partial charge >= 0.3 is 0 Å². The van der Waals surface area contributed by atoms with Gasteiger partial charge in [-0.05, 0) is 31.0 Å². The first-order chi connectivity index (χ1) is 11.4. The van der Waals surface area contributed by atoms with Crippen molar-refractivity contribution in [2.75, 3.05) is 31.1 Å². The van der Waals surface area contributed by atoms with E-state index in [0.717, 1.165) is 19.4 Å². The highest BCUT2D eigenvalue weighted by Gasteiger charge is 2.44. The van der Waals surface area contributed by atoms with E-state index in [0.29, 0.717) is 18.8 Å². The summed E-state index contributed by atoms with van der Waals surface area (Å²) < 4.78 is 19.4. The Morgan fingerprint density at radius 1 is 1.33 bits per heavy atom. The molecule has 3 rings (SSSR count). The molecule has 1 aromatic carbocycles. The van der Waals surface area contributed by atoms with Gasteiger partial charge in [0.05, 0.1) is 13.1 Å². The van der Waals surface area contributed by atoms with Crippen LogP contribution in [0, 0.1) is 11.7 Å². The van der Waals surface area contributed by atoms with Crippen LogP contribution in [0.3, 0.4) is 0 Å². The van der Waals surface area contributed by atoms with Crippen LogP contribution in [0.2, 0.25) is 0 Å². The minimum absolute atomic E-state index is 0.0414. The van der Waals surface area contributed by atoms with Crippen LogP contribution in [0.5, 0.6) is 0 Å². The minimum atomic E-state index is -0.566. The number of rotatable bonds is 2. The first-order valence-corrected chi connectivity index (χ1v) is 8.39. The molecular weight excluding hydrogens is 311 g/mol. The Balaban J connectivity index is 1.81. The van der Waals surface area contributed by atoms with E-state index in [9.17, 15) is 14.0 Å². The lowest BCUT2D eigenvalue weighted by molar-refractivity contribution is -0.155. The summed E-state index contributed by atoms with van der Waals surface area (Å²) in [6.45, 7) is 5.26. The molecule has 130 valence electrons. The normalized spacial score (nSPS) is 24.8. The van der Waals surface area contributed by atoms with E-state index >= 15 is 0 Å². The third kappa shape index (κ3) is 3.29. The number of halogens is 1. The predicted octanol–water partition coefficient (Wildman–Crippen LogP) is 2.21. The molecule has 1 unspecified atom stereocenters. The number of morpholine rings is 1. The molecule has 0 aromatic heterocycles. The summed E-state index contributed by atoms with van der Waals surface area (Å²) in [5.41, 5.74) is -0.0294. The average molecular weight is 334 g/mol. The van der Waals surface area contributed by atoms with Gasteiger partial charge < -0.3 is 14.5 Å². The van der Waals surface area contributed by atoms with E-state index in [1.54, 1.807) is 17.0 Å². The van der Waals surface area contributed by atoms with Crippen molar-refractivity contribution in [1.29, 1.82) is 0 Å². The number of hydrogen-bond donors (Lipinski definition) is 0. The van der Waals surface area contributed by atoms with Gasteiger partial charge in [-0.25, -0.2) is 4.39 Å². The lowest BCUT2D eigenvalue weighted by Gasteiger charge is -2.48. The third-order valence-electron chi connectivity index (χ3n) is 4.71. The van der Waals surface area contributed by atoms with E-state index in [2.05, 4.69) is 0 Å². The molecule has 0 N–H and O–H groups in total. The van der Waals surface area contributed by atoms with Crippen LogP contribution in [0.4, 0.5) is 10.1 Å². The Labute approximate surface area is 141 Å². The van der Waals surface area contributed by atoms with Gasteiger partial charge in [0.25, 0.3) is 5.91 Å². The molecule has 1 spiro atoms. The van der Waals surface area contributed by atoms with E-state index in [1.165, 1.54) is 12.1 Å². The average Bonchev–Trinajstić information content (AvgIpc) is 2.57. The molecule has 2 aliphatic rings. The van der Waals surface area contributed by atoms with E-state index in [1.807, 2.05) is 18.7 Å². The Bertz CT molecular complexity index is 649. The Hall–Kier alpha value is -1.95. The smallest absolute Gasteiger partial charge is 0.253 e. The molecule has 2 aliphatic heterocycles. The lowest BCUT2D eigenvalue weighted by Crippen LogP contribution is -2.62. The Kier molecular flexibility index (Phi) is 4.58. The number of amides is 2. The van der Waals surface area contributed by atoms with E-state index < -0.39 is 5.60 Å². The lowest BCUT2D eigenvalue weighted by atomic mass is 9.89. The summed E-state index contributed by atoms with van der Waals surface area (Å²) in [6.07, 6.45) is 1.62. The zero-order valence-electron chi connectivity index (χ0n) is 14.1. The van der Waals surface area contributed by atoms with Crippen LogP contribution >= 0.6 is 0 Å². The fourth-order valence-corrected chi connectivity index (χ4v) is 3.49. The van der Waals surface area contributed by atoms with Gasteiger partial charge in [-0.1, -0.05) is 19.9 Å². The van der Waals surface area contributed by atoms with Gasteiger partial charge in [-0.15, -0.1) is 0 Å². The van der Waals surface area contributed by atoms with Gasteiger partial charge in [0.2, 0.25) is 5.91 Å². The number of likely N-dealkylation sites (tertiary alicyclic amines) is 1. The standard InChI is InChI=1S/C18H23FN2O3/c1-13(2)17(23)20-8-4-7-18(11-20)12-21(16(22)10-24-18)15-6-3-5-14(19)9-15/h3,5-6,9,13H,4,7-8,10-12H2,1-2H3. The van der Waals surface area contributed by atoms with Crippen LogP contribution in [-0.4, -0.2) is 48.6 Å². The zero-order chi connectivity index (χ0) is 17.3. The van der Waals surface area contributed by atoms with Crippen molar-refractivity contribution >= 4 is 17.5 Å². The van der Waals surface area contributed by atoms with Crippen LogP contribution in [-0.2, 0) is 14.3 Å². The minimum Gasteiger partial charge on any atom is -0.361 e. The van der Waals surface area contributed by atoms with Gasteiger partial charge in [-0.2, -0.15) is 0 Å². The monoisotopic (exact) mass is 334 g/mol. The Morgan fingerprint density at radius 3 is 2.83 bits per heavy atom. The molecule has 0 aliphatic carbocycles. The largest absolute Gasteiger partial charge is 0.361 e. The maximum absolute atomic E-state index is 13.5. The molecule has 6 heteroatoms. The first-order valence-electron chi connectivity index (χ1n) is 8.39. The summed E-state index contributed by atoms with van der Waals surface area (Å²) >= 11 is 0. The number of benzene rings is 1. The highest BCUT2D eigenvalue weighted by molar-refractivity contribution is 5.95. The van der Waals surface area contributed by atoms with Crippen LogP contribution in [0.15, 0.2) is 24.3 Å². The van der Waals surface area contributed by atoms with Crippen molar-refractivity contribution in [1.82, 2.24) is 4.90 Å². The van der Waals surface area contributed by atoms with E-state index in [-0.39, 0.29) is 30.2 Å². The molecule has 2 fully saturated rings. The number of carbonyl (C=O) groups excluding carboxylic acids is 2. The highest BCUT2D eigenvalue weighted by Crippen LogP contribution is 2.32. The van der Waals surface area contributed by atoms with E-state index in [4.69, 9.17) is 4.74 Å². The van der Waals surface area contributed by atoms with Crippen molar-refractivity contribution in [2.45, 2.75) is 32.3 Å². The predicted molar refractivity (Wildman–Crippen MR) is 88.1 cm³/mol. The Morgan fingerprint density at radius 2 is 2.12 bits per heavy atom. The molecule has 5 nitrogen and oxygen atoms in total. The zero-order valence-corrected chi connectivity index (χ0v) is 14.1. The quantitative estimate of drug-likeness (QED) is 0.833. The highest BCUT2D eigenvalue weighted by atomic mass is 19.1. The van der Waals surface area contributed by atoms with Crippen molar-refractivity contribution < 1.29 is 18.7 Å². The fraction of sp³-hybridized carbons (Fsp3) is 0.556. The molecule has 24 heavy (non-hydrogen) atoms. The van der Waals surface area contributed by atoms with Gasteiger partial charge in [-0.3, -0.25) is 9.59 Å². The molecule has 1 atom stereocenters. The molecular formula is C18H23FN2O3. The summed E-state index contributed by atoms with van der Waals surface area (Å²) in [4.78, 5) is 28.0. The second-order valence-corrected chi connectivity index (χ2v) is 6.95. The molecule has 2 saturated heterocycles. The summed E-state index contributed by atoms with van der Waals surface area (Å²) in [7, 11) is 0. The van der Waals surface area contributed by atoms with Gasteiger partial charge in [0.15, 0.2) is 0 Å². The maximum atomic E-state index is 13.5. The molecule has 2 heterocycles. The van der Waals surface area contributed by atoms with Crippen LogP contribution in [0.25, 0.3) is 0 Å². The summed E-state index contributed by atoms with van der Waals surface area (Å²) in [5, 5.41) is 0.